The second kappa shape index (κ2) is 6.26. The van der Waals surface area contributed by atoms with E-state index < -0.39 is 18.0 Å². The number of carbonyl (C=O) groups excluding carboxylic acids is 1. The van der Waals surface area contributed by atoms with Gasteiger partial charge in [0.05, 0.1) is 17.3 Å². The number of carbonyl (C=O) groups is 1. The summed E-state index contributed by atoms with van der Waals surface area (Å²) in [6.07, 6.45) is -2.77. The molecule has 1 rings (SSSR count). The average molecular weight is 329 g/mol. The third kappa shape index (κ3) is 3.35. The van der Waals surface area contributed by atoms with Gasteiger partial charge in [-0.1, -0.05) is 27.5 Å². The molecule has 0 N–H and O–H groups in total. The summed E-state index contributed by atoms with van der Waals surface area (Å²) in [5, 5.41) is -0.112. The molecule has 7 heteroatoms. The first-order chi connectivity index (χ1) is 8.01. The van der Waals surface area contributed by atoms with Gasteiger partial charge < -0.3 is 4.74 Å². The Hall–Kier alpha value is -0.750. The van der Waals surface area contributed by atoms with Gasteiger partial charge >= 0.3 is 5.97 Å². The molecule has 0 saturated heterocycles. The van der Waals surface area contributed by atoms with Crippen molar-refractivity contribution in [2.45, 2.75) is 18.7 Å². The number of halogens is 4. The Morgan fingerprint density at radius 3 is 2.76 bits per heavy atom. The number of hydrogen-bond donors (Lipinski definition) is 0. The maximum absolute atomic E-state index is 12.7. The summed E-state index contributed by atoms with van der Waals surface area (Å²) in [6.45, 7) is 1.73. The van der Waals surface area contributed by atoms with E-state index in [-0.39, 0.29) is 22.7 Å². The zero-order chi connectivity index (χ0) is 13.0. The summed E-state index contributed by atoms with van der Waals surface area (Å²) in [4.78, 5) is 15.3. The van der Waals surface area contributed by atoms with Gasteiger partial charge in [0.15, 0.2) is 5.69 Å². The fourth-order valence-electron chi connectivity index (χ4n) is 1.17. The Kier molecular flexibility index (Phi) is 5.27. The van der Waals surface area contributed by atoms with Crippen molar-refractivity contribution in [3.63, 3.8) is 0 Å². The third-order valence-corrected chi connectivity index (χ3v) is 2.85. The minimum atomic E-state index is -2.77. The maximum atomic E-state index is 12.7. The van der Waals surface area contributed by atoms with Crippen molar-refractivity contribution >= 4 is 33.5 Å². The summed E-state index contributed by atoms with van der Waals surface area (Å²) in [5.41, 5.74) is -0.396. The smallest absolute Gasteiger partial charge is 0.358 e. The van der Waals surface area contributed by atoms with E-state index in [0.29, 0.717) is 5.69 Å². The first-order valence-corrected chi connectivity index (χ1v) is 6.21. The van der Waals surface area contributed by atoms with Gasteiger partial charge in [-0.15, -0.1) is 0 Å². The molecule has 0 radical (unpaired) electrons. The fourth-order valence-corrected chi connectivity index (χ4v) is 1.71. The standard InChI is InChI=1S/C10H9BrClF2NO2/c1-2-17-10(16)8-7(12)6(9(13)14)3-5(4-11)15-8/h3,9H,2,4H2,1H3. The number of esters is 1. The number of ether oxygens (including phenoxy) is 1. The van der Waals surface area contributed by atoms with Crippen molar-refractivity contribution in [1.29, 1.82) is 0 Å². The molecule has 0 saturated carbocycles. The van der Waals surface area contributed by atoms with Crippen LogP contribution in [-0.2, 0) is 10.1 Å². The molecular formula is C10H9BrClF2NO2. The highest BCUT2D eigenvalue weighted by atomic mass is 79.9. The molecule has 17 heavy (non-hydrogen) atoms. The molecule has 0 aromatic carbocycles. The number of hydrogen-bond acceptors (Lipinski definition) is 3. The lowest BCUT2D eigenvalue weighted by molar-refractivity contribution is 0.0519. The number of pyridine rings is 1. The second-order valence-corrected chi connectivity index (χ2v) is 3.96. The van der Waals surface area contributed by atoms with E-state index in [1.807, 2.05) is 0 Å². The van der Waals surface area contributed by atoms with E-state index in [2.05, 4.69) is 20.9 Å². The summed E-state index contributed by atoms with van der Waals surface area (Å²) in [6, 6.07) is 1.16. The highest BCUT2D eigenvalue weighted by molar-refractivity contribution is 9.08. The van der Waals surface area contributed by atoms with E-state index in [9.17, 15) is 13.6 Å². The molecule has 0 unspecified atom stereocenters. The zero-order valence-electron chi connectivity index (χ0n) is 8.84. The normalized spacial score (nSPS) is 10.7. The van der Waals surface area contributed by atoms with E-state index in [1.165, 1.54) is 0 Å². The summed E-state index contributed by atoms with van der Waals surface area (Å²) >= 11 is 8.79. The van der Waals surface area contributed by atoms with Gasteiger partial charge in [-0.25, -0.2) is 18.6 Å². The molecule has 0 aliphatic carbocycles. The van der Waals surface area contributed by atoms with Crippen LogP contribution < -0.4 is 0 Å². The monoisotopic (exact) mass is 327 g/mol. The lowest BCUT2D eigenvalue weighted by Gasteiger charge is -2.09. The molecule has 3 nitrogen and oxygen atoms in total. The van der Waals surface area contributed by atoms with Gasteiger partial charge in [0.2, 0.25) is 0 Å². The van der Waals surface area contributed by atoms with Crippen molar-refractivity contribution in [3.05, 3.63) is 28.0 Å². The molecule has 1 heterocycles. The Bertz CT molecular complexity index is 429. The molecule has 1 aromatic heterocycles. The lowest BCUT2D eigenvalue weighted by atomic mass is 10.2. The maximum Gasteiger partial charge on any atom is 0.358 e. The van der Waals surface area contributed by atoms with Crippen LogP contribution in [0.15, 0.2) is 6.07 Å². The first kappa shape index (κ1) is 14.3. The third-order valence-electron chi connectivity index (χ3n) is 1.88. The molecular weight excluding hydrogens is 319 g/mol. The molecule has 94 valence electrons. The summed E-state index contributed by atoms with van der Waals surface area (Å²) in [5.74, 6) is -0.804. The van der Waals surface area contributed by atoms with Gasteiger partial charge in [-0.3, -0.25) is 0 Å². The molecule has 0 atom stereocenters. The van der Waals surface area contributed by atoms with E-state index in [4.69, 9.17) is 16.3 Å². The van der Waals surface area contributed by atoms with Crippen LogP contribution in [0.4, 0.5) is 8.78 Å². The molecule has 0 fully saturated rings. The number of nitrogens with zero attached hydrogens (tertiary/aromatic N) is 1. The second-order valence-electron chi connectivity index (χ2n) is 3.02. The summed E-state index contributed by atoms with van der Waals surface area (Å²) in [7, 11) is 0. The lowest BCUT2D eigenvalue weighted by Crippen LogP contribution is -2.11. The highest BCUT2D eigenvalue weighted by Gasteiger charge is 2.22. The molecule has 0 bridgehead atoms. The van der Waals surface area contributed by atoms with E-state index in [1.54, 1.807) is 6.92 Å². The highest BCUT2D eigenvalue weighted by Crippen LogP contribution is 2.30. The van der Waals surface area contributed by atoms with Crippen LogP contribution in [0.25, 0.3) is 0 Å². The van der Waals surface area contributed by atoms with Gasteiger partial charge in [0.25, 0.3) is 6.43 Å². The molecule has 0 aliphatic heterocycles. The van der Waals surface area contributed by atoms with Crippen molar-refractivity contribution in [2.24, 2.45) is 0 Å². The van der Waals surface area contributed by atoms with E-state index >= 15 is 0 Å². The van der Waals surface area contributed by atoms with Crippen LogP contribution in [0.5, 0.6) is 0 Å². The van der Waals surface area contributed by atoms with Crippen molar-refractivity contribution < 1.29 is 18.3 Å². The van der Waals surface area contributed by atoms with Gasteiger partial charge in [-0.05, 0) is 13.0 Å². The molecule has 0 amide bonds. The zero-order valence-corrected chi connectivity index (χ0v) is 11.2. The first-order valence-electron chi connectivity index (χ1n) is 4.71. The molecule has 0 spiro atoms. The Labute approximate surface area is 110 Å². The summed E-state index contributed by atoms with van der Waals surface area (Å²) < 4.78 is 30.1. The van der Waals surface area contributed by atoms with Crippen LogP contribution in [-0.4, -0.2) is 17.6 Å². The van der Waals surface area contributed by atoms with Crippen molar-refractivity contribution in [1.82, 2.24) is 4.98 Å². The van der Waals surface area contributed by atoms with Crippen LogP contribution in [0.2, 0.25) is 5.02 Å². The predicted molar refractivity (Wildman–Crippen MR) is 62.8 cm³/mol. The van der Waals surface area contributed by atoms with Gasteiger partial charge in [-0.2, -0.15) is 0 Å². The van der Waals surface area contributed by atoms with E-state index in [0.717, 1.165) is 6.07 Å². The van der Waals surface area contributed by atoms with Gasteiger partial charge in [0, 0.05) is 10.9 Å². The number of rotatable bonds is 4. The topological polar surface area (TPSA) is 39.2 Å². The Balaban J connectivity index is 3.28. The fraction of sp³-hybridized carbons (Fsp3) is 0.400. The Morgan fingerprint density at radius 1 is 1.65 bits per heavy atom. The van der Waals surface area contributed by atoms with Crippen molar-refractivity contribution in [3.8, 4) is 0 Å². The molecule has 0 aliphatic rings. The van der Waals surface area contributed by atoms with Crippen molar-refractivity contribution in [2.75, 3.05) is 6.61 Å². The quantitative estimate of drug-likeness (QED) is 0.624. The van der Waals surface area contributed by atoms with Crippen LogP contribution in [0.3, 0.4) is 0 Å². The predicted octanol–water partition coefficient (Wildman–Crippen LogP) is 3.74. The SMILES string of the molecule is CCOC(=O)c1nc(CBr)cc(C(F)F)c1Cl. The minimum Gasteiger partial charge on any atom is -0.461 e. The minimum absolute atomic E-state index is 0.124. The number of alkyl halides is 3. The molecule has 1 aromatic rings. The van der Waals surface area contributed by atoms with Gasteiger partial charge in [0.1, 0.15) is 0 Å². The Morgan fingerprint density at radius 2 is 2.29 bits per heavy atom. The van der Waals surface area contributed by atoms with Crippen LogP contribution in [0.1, 0.15) is 35.1 Å². The largest absolute Gasteiger partial charge is 0.461 e. The van der Waals surface area contributed by atoms with Crippen LogP contribution in [0, 0.1) is 0 Å². The average Bonchev–Trinajstić information content (AvgIpc) is 2.29. The van der Waals surface area contributed by atoms with Crippen LogP contribution >= 0.6 is 27.5 Å². The number of aromatic nitrogens is 1.